The maximum atomic E-state index is 12.5. The van der Waals surface area contributed by atoms with Crippen LogP contribution in [0.25, 0.3) is 0 Å². The molecule has 13 saturated carbocycles. The Morgan fingerprint density at radius 2 is 0.652 bits per heavy atom. The lowest BCUT2D eigenvalue weighted by atomic mass is 9.61. The first-order valence-electron chi connectivity index (χ1n) is 59.2. The van der Waals surface area contributed by atoms with Crippen LogP contribution in [-0.2, 0) is 76.3 Å². The molecule has 0 heterocycles. The van der Waals surface area contributed by atoms with Crippen LogP contribution in [0.2, 0.25) is 0 Å². The zero-order chi connectivity index (χ0) is 109. The average Bonchev–Trinajstić information content (AvgIpc) is 1.54. The molecule has 0 N–H and O–H groups in total. The van der Waals surface area contributed by atoms with Gasteiger partial charge in [-0.25, -0.2) is 0 Å². The summed E-state index contributed by atoms with van der Waals surface area (Å²) in [6, 6.07) is 0. The van der Waals surface area contributed by atoms with Gasteiger partial charge in [0.25, 0.3) is 0 Å². The van der Waals surface area contributed by atoms with Crippen molar-refractivity contribution in [1.29, 1.82) is 0 Å². The minimum Gasteiger partial charge on any atom is -0.459 e. The zero-order valence-corrected chi connectivity index (χ0v) is 101. The molecule has 0 aromatic carbocycles. The number of hydrogen-bond donors (Lipinski definition) is 0. The van der Waals surface area contributed by atoms with Crippen molar-refractivity contribution in [2.75, 3.05) is 0 Å². The first-order chi connectivity index (χ1) is 65.4. The highest BCUT2D eigenvalue weighted by atomic mass is 16.6. The topological polar surface area (TPSA) is 210 Å². The van der Waals surface area contributed by atoms with Crippen molar-refractivity contribution in [3.63, 3.8) is 0 Å². The van der Waals surface area contributed by atoms with E-state index < -0.39 is 0 Å². The highest BCUT2D eigenvalue weighted by molar-refractivity contribution is 5.77. The molecule has 0 amide bonds. The molecule has 830 valence electrons. The molecule has 16 heteroatoms. The molecule has 17 atom stereocenters. The van der Waals surface area contributed by atoms with Gasteiger partial charge in [0, 0.05) is 51.8 Å². The molecule has 13 fully saturated rings. The Kier molecular flexibility index (Phi) is 55.7. The molecule has 0 aromatic rings. The van der Waals surface area contributed by atoms with Gasteiger partial charge < -0.3 is 37.9 Å². The number of esters is 8. The molecular formula is C125H234O16. The molecule has 17 unspecified atom stereocenters. The summed E-state index contributed by atoms with van der Waals surface area (Å²) in [4.78, 5) is 94.4. The number of carbonyl (C=O) groups is 8. The lowest BCUT2D eigenvalue weighted by Crippen LogP contribution is -2.55. The van der Waals surface area contributed by atoms with Crippen molar-refractivity contribution in [1.82, 2.24) is 0 Å². The van der Waals surface area contributed by atoms with Gasteiger partial charge in [-0.15, -0.1) is 0 Å². The molecule has 13 aliphatic rings. The molecule has 0 saturated heterocycles. The summed E-state index contributed by atoms with van der Waals surface area (Å²) in [7, 11) is 0. The van der Waals surface area contributed by atoms with Crippen LogP contribution in [0.15, 0.2) is 0 Å². The van der Waals surface area contributed by atoms with Gasteiger partial charge in [0.1, 0.15) is 44.8 Å². The van der Waals surface area contributed by atoms with Crippen LogP contribution in [-0.4, -0.2) is 92.6 Å². The lowest BCUT2D eigenvalue weighted by Gasteiger charge is -2.51. The molecule has 0 spiro atoms. The van der Waals surface area contributed by atoms with Crippen molar-refractivity contribution in [2.45, 2.75) is 645 Å². The maximum Gasteiger partial charge on any atom is 0.312 e. The largest absolute Gasteiger partial charge is 0.459 e. The van der Waals surface area contributed by atoms with Crippen LogP contribution in [0.3, 0.4) is 0 Å². The van der Waals surface area contributed by atoms with Crippen molar-refractivity contribution >= 4 is 47.8 Å². The van der Waals surface area contributed by atoms with Gasteiger partial charge in [-0.3, -0.25) is 38.4 Å². The van der Waals surface area contributed by atoms with E-state index in [1.165, 1.54) is 180 Å². The summed E-state index contributed by atoms with van der Waals surface area (Å²) in [5, 5.41) is 0. The highest BCUT2D eigenvalue weighted by Crippen LogP contribution is 2.74. The number of ether oxygens (including phenoxy) is 8. The van der Waals surface area contributed by atoms with Gasteiger partial charge in [-0.2, -0.15) is 0 Å². The Labute approximate surface area is 871 Å². The first kappa shape index (κ1) is 135. The molecule has 0 radical (unpaired) electrons. The summed E-state index contributed by atoms with van der Waals surface area (Å²) in [6.45, 7) is 93.0. The molecule has 141 heavy (non-hydrogen) atoms. The number of rotatable bonds is 22. The standard InChI is InChI=1S/C17H30O2.C16H28O2.C15H26O2.C14H24O2.C13H22O2.C13H24O2.2C12H22O2.3C3H8.2C2H6/c1-8-14(2,3)13(18)19-17(7)15(4,5)12-9-10-16(17,6)11-12;1-7-11(2)13(17)18-16(6)14(3,4)12-8-9-15(16,5)10-12;1-10(2)12(16)17-15(6)9-11-7-8-14(15,5)13(11,3)4;1-6-11(15)16-14(5)9-10-7-8-13(14,4)12(10,2)3;1-3-5-12(14)15-13(4-2)9-10-6-7-11(13)8-10;1-4-11(2)12(14)15-13(3)9-7-5-6-8-10-13;1-10(2)11(13)14-12(3)8-6-4-5-7-9-12;1-3-11(13)14-12(4-2)9-7-5-6-8-10-12;3*1-3-2;2*1-2/h12H,8-11H2,1-7H3;11-12H,7-10H2,1-6H3;10-11H,7-9H2,1-6H3;10H,6-9H2,1-5H3;10-11H,3-9H2,1-2H3;11H,4-10H2,1-3H3;10H,4-9H2,1-3H3;3-10H2,1-2H3;3*3H2,1-2H3;2*1-2H3. The zero-order valence-electron chi connectivity index (χ0n) is 101. The SMILES string of the molecule is CC.CC.CC(C)C(=O)OC1(C)CC2CCC1(C)C2(C)C.CC(C)C(=O)OC1(C)CCCCCC1.CCC.CCC.CCC.CCC(=O)OC1(C)CC2CCC1(C)C2(C)C.CCC(=O)OC1(CC)CCCCCC1.CCC(C)(C)C(=O)OC1(C)C2(C)CCC(C2)C1(C)C.CCC(C)C(=O)OC1(C)C2(C)CCC(C2)C1(C)C.CCC(C)C(=O)OC1(C)CCCCCC1.CCCC(=O)OC1(CC)CC2CCC1C2. The molecule has 16 nitrogen and oxygen atoms in total. The molecule has 0 aromatic heterocycles. The fourth-order valence-corrected chi connectivity index (χ4v) is 26.3. The van der Waals surface area contributed by atoms with E-state index in [0.29, 0.717) is 59.7 Å². The normalized spacial score (nSPS) is 32.4. The van der Waals surface area contributed by atoms with Crippen molar-refractivity contribution in [2.24, 2.45) is 108 Å². The van der Waals surface area contributed by atoms with Gasteiger partial charge in [-0.05, 0) is 320 Å². The molecule has 0 aliphatic heterocycles. The van der Waals surface area contributed by atoms with Gasteiger partial charge >= 0.3 is 47.8 Å². The Morgan fingerprint density at radius 1 is 0.319 bits per heavy atom. The van der Waals surface area contributed by atoms with Crippen molar-refractivity contribution < 1.29 is 76.3 Å². The lowest BCUT2D eigenvalue weighted by molar-refractivity contribution is -0.202. The van der Waals surface area contributed by atoms with E-state index in [1.54, 1.807) is 0 Å². The van der Waals surface area contributed by atoms with E-state index in [2.05, 4.69) is 187 Å². The Balaban J connectivity index is 0.000000792. The van der Waals surface area contributed by atoms with Crippen LogP contribution in [0.4, 0.5) is 0 Å². The van der Waals surface area contributed by atoms with E-state index in [4.69, 9.17) is 37.9 Å². The highest BCUT2D eigenvalue weighted by Gasteiger charge is 2.73. The maximum absolute atomic E-state index is 12.5. The second-order valence-electron chi connectivity index (χ2n) is 51.4. The second kappa shape index (κ2) is 58.2. The van der Waals surface area contributed by atoms with Gasteiger partial charge in [0.2, 0.25) is 0 Å². The third-order valence-electron chi connectivity index (χ3n) is 39.3. The van der Waals surface area contributed by atoms with E-state index in [0.717, 1.165) is 102 Å². The first-order valence-corrected chi connectivity index (χ1v) is 59.2. The van der Waals surface area contributed by atoms with E-state index in [-0.39, 0.29) is 154 Å². The Hall–Kier alpha value is -4.24. The van der Waals surface area contributed by atoms with E-state index >= 15 is 0 Å². The van der Waals surface area contributed by atoms with Crippen LogP contribution < -0.4 is 0 Å². The molecular weight excluding hydrogens is 1760 g/mol. The van der Waals surface area contributed by atoms with Crippen molar-refractivity contribution in [3.8, 4) is 0 Å². The fourth-order valence-electron chi connectivity index (χ4n) is 26.3. The summed E-state index contributed by atoms with van der Waals surface area (Å²) in [5.41, 5.74) is -0.693. The third kappa shape index (κ3) is 33.1. The summed E-state index contributed by atoms with van der Waals surface area (Å²) >= 11 is 0. The predicted octanol–water partition coefficient (Wildman–Crippen LogP) is 36.1. The Bertz CT molecular complexity index is 3650. The number of fused-ring (bicyclic) bond motifs is 10. The Morgan fingerprint density at radius 3 is 0.943 bits per heavy atom. The molecule has 13 rings (SSSR count). The molecule has 10 bridgehead atoms. The minimum atomic E-state index is -0.378. The summed E-state index contributed by atoms with van der Waals surface area (Å²) in [5.74, 6) is 4.14. The van der Waals surface area contributed by atoms with Crippen LogP contribution >= 0.6 is 0 Å². The smallest absolute Gasteiger partial charge is 0.312 e. The fraction of sp³-hybridized carbons (Fsp3) is 0.936. The van der Waals surface area contributed by atoms with Gasteiger partial charge in [-0.1, -0.05) is 307 Å². The predicted molar refractivity (Wildman–Crippen MR) is 589 cm³/mol. The second-order valence-corrected chi connectivity index (χ2v) is 51.4. The number of carbonyl (C=O) groups excluding carboxylic acids is 8. The van der Waals surface area contributed by atoms with Crippen LogP contribution in [0.5, 0.6) is 0 Å². The van der Waals surface area contributed by atoms with Crippen LogP contribution in [0, 0.1) is 108 Å². The quantitative estimate of drug-likeness (QED) is 0.0560. The number of hydrogen-bond acceptors (Lipinski definition) is 16. The monoisotopic (exact) mass is 1990 g/mol. The summed E-state index contributed by atoms with van der Waals surface area (Å²) in [6.07, 6.45) is 51.5. The minimum absolute atomic E-state index is 0.00456. The third-order valence-corrected chi connectivity index (χ3v) is 39.3. The van der Waals surface area contributed by atoms with E-state index in [9.17, 15) is 38.4 Å². The van der Waals surface area contributed by atoms with Crippen molar-refractivity contribution in [3.05, 3.63) is 0 Å². The molecule has 13 aliphatic carbocycles. The van der Waals surface area contributed by atoms with Gasteiger partial charge in [0.05, 0.1) is 29.1 Å². The van der Waals surface area contributed by atoms with Crippen LogP contribution in [0.1, 0.15) is 600 Å². The summed E-state index contributed by atoms with van der Waals surface area (Å²) < 4.78 is 46.6. The average molecular weight is 1990 g/mol. The van der Waals surface area contributed by atoms with Gasteiger partial charge in [0.15, 0.2) is 0 Å². The van der Waals surface area contributed by atoms with E-state index in [1.807, 2.05) is 118 Å².